The van der Waals surface area contributed by atoms with E-state index >= 15 is 0 Å². The molecule has 1 aliphatic rings. The van der Waals surface area contributed by atoms with E-state index in [1.165, 1.54) is 11.8 Å². The van der Waals surface area contributed by atoms with Gasteiger partial charge >= 0.3 is 0 Å². The van der Waals surface area contributed by atoms with Crippen LogP contribution in [0.2, 0.25) is 0 Å². The summed E-state index contributed by atoms with van der Waals surface area (Å²) in [5.74, 6) is 0.736. The second-order valence-corrected chi connectivity index (χ2v) is 3.68. The molecular weight excluding hydrogens is 170 g/mol. The molecule has 1 atom stereocenters. The number of alkyl halides is 1. The highest BCUT2D eigenvalue weighted by Gasteiger charge is 2.28. The zero-order valence-corrected chi connectivity index (χ0v) is 7.41. The molecule has 0 saturated carbocycles. The Kier molecular flexibility index (Phi) is 2.86. The maximum absolute atomic E-state index is 11.0. The van der Waals surface area contributed by atoms with Gasteiger partial charge in [-0.2, -0.15) is 0 Å². The van der Waals surface area contributed by atoms with Gasteiger partial charge in [-0.3, -0.25) is 4.79 Å². The van der Waals surface area contributed by atoms with Gasteiger partial charge in [-0.15, -0.1) is 0 Å². The number of hydrogen-bond acceptors (Lipinski definition) is 2. The average molecular weight is 180 g/mol. The summed E-state index contributed by atoms with van der Waals surface area (Å²) >= 11 is 7.14. The van der Waals surface area contributed by atoms with Crippen LogP contribution in [0.25, 0.3) is 0 Å². The first-order chi connectivity index (χ1) is 4.75. The zero-order chi connectivity index (χ0) is 7.56. The molecule has 0 aliphatic carbocycles. The Hall–Kier alpha value is 0.110. The van der Waals surface area contributed by atoms with Gasteiger partial charge in [-0.05, 0) is 6.42 Å². The van der Waals surface area contributed by atoms with Crippen molar-refractivity contribution in [1.82, 2.24) is 4.90 Å². The van der Waals surface area contributed by atoms with E-state index in [9.17, 15) is 4.79 Å². The number of carbonyl (C=O) groups excluding carboxylic acids is 1. The third kappa shape index (κ3) is 1.58. The molecule has 0 spiro atoms. The third-order valence-corrected chi connectivity index (χ3v) is 2.92. The number of hydrogen-bond donors (Lipinski definition) is 0. The fourth-order valence-electron chi connectivity index (χ4n) is 0.900. The van der Waals surface area contributed by atoms with Crippen molar-refractivity contribution in [3.05, 3.63) is 0 Å². The Bertz CT molecular complexity index is 142. The minimum absolute atomic E-state index is 0.0718. The number of halogens is 1. The standard InChI is InChI=1S/C6H10ClNOS/c1-2-3-8-5(7)4-10-6(8)9/h5H,2-4H2,1H3. The van der Waals surface area contributed by atoms with Gasteiger partial charge in [0, 0.05) is 12.3 Å². The largest absolute Gasteiger partial charge is 0.316 e. The Morgan fingerprint density at radius 3 is 3.00 bits per heavy atom. The first kappa shape index (κ1) is 8.21. The van der Waals surface area contributed by atoms with Crippen molar-refractivity contribution in [2.45, 2.75) is 18.8 Å². The van der Waals surface area contributed by atoms with Crippen LogP contribution in [-0.4, -0.2) is 27.9 Å². The summed E-state index contributed by atoms with van der Waals surface area (Å²) in [7, 11) is 0. The zero-order valence-electron chi connectivity index (χ0n) is 5.84. The first-order valence-corrected chi connectivity index (χ1v) is 4.75. The van der Waals surface area contributed by atoms with Gasteiger partial charge in [0.05, 0.1) is 0 Å². The highest BCUT2D eigenvalue weighted by molar-refractivity contribution is 8.14. The number of thioether (sulfide) groups is 1. The fourth-order valence-corrected chi connectivity index (χ4v) is 2.18. The van der Waals surface area contributed by atoms with E-state index in [0.717, 1.165) is 18.7 Å². The topological polar surface area (TPSA) is 20.3 Å². The summed E-state index contributed by atoms with van der Waals surface area (Å²) < 4.78 is 0. The molecule has 1 aliphatic heterocycles. The summed E-state index contributed by atoms with van der Waals surface area (Å²) in [6.07, 6.45) is 0.982. The van der Waals surface area contributed by atoms with Crippen LogP contribution in [0.1, 0.15) is 13.3 Å². The second kappa shape index (κ2) is 3.49. The van der Waals surface area contributed by atoms with E-state index in [0.29, 0.717) is 0 Å². The minimum Gasteiger partial charge on any atom is -0.316 e. The summed E-state index contributed by atoms with van der Waals surface area (Å²) in [5, 5.41) is 0.127. The monoisotopic (exact) mass is 179 g/mol. The second-order valence-electron chi connectivity index (χ2n) is 2.20. The van der Waals surface area contributed by atoms with Crippen molar-refractivity contribution in [3.8, 4) is 0 Å². The van der Waals surface area contributed by atoms with E-state index in [4.69, 9.17) is 11.6 Å². The van der Waals surface area contributed by atoms with Gasteiger partial charge < -0.3 is 4.90 Å². The predicted molar refractivity (Wildman–Crippen MR) is 44.5 cm³/mol. The molecule has 4 heteroatoms. The van der Waals surface area contributed by atoms with Crippen molar-refractivity contribution >= 4 is 28.6 Å². The van der Waals surface area contributed by atoms with Crippen molar-refractivity contribution in [1.29, 1.82) is 0 Å². The molecule has 1 rings (SSSR count). The number of rotatable bonds is 2. The molecule has 1 saturated heterocycles. The van der Waals surface area contributed by atoms with Gasteiger partial charge in [0.1, 0.15) is 5.50 Å². The van der Waals surface area contributed by atoms with Crippen LogP contribution in [-0.2, 0) is 0 Å². The minimum atomic E-state index is -0.0718. The van der Waals surface area contributed by atoms with E-state index < -0.39 is 0 Å². The molecule has 2 nitrogen and oxygen atoms in total. The molecule has 0 N–H and O–H groups in total. The highest BCUT2D eigenvalue weighted by atomic mass is 35.5. The fraction of sp³-hybridized carbons (Fsp3) is 0.833. The van der Waals surface area contributed by atoms with Gasteiger partial charge in [0.25, 0.3) is 5.24 Å². The van der Waals surface area contributed by atoms with Crippen LogP contribution in [0.5, 0.6) is 0 Å². The average Bonchev–Trinajstić information content (AvgIpc) is 2.20. The Morgan fingerprint density at radius 1 is 1.90 bits per heavy atom. The van der Waals surface area contributed by atoms with Crippen LogP contribution in [0, 0.1) is 0 Å². The molecule has 0 radical (unpaired) electrons. The number of amides is 1. The van der Waals surface area contributed by atoms with E-state index in [2.05, 4.69) is 0 Å². The SMILES string of the molecule is CCCN1C(=O)SCC1Cl. The van der Waals surface area contributed by atoms with Gasteiger partial charge in [-0.25, -0.2) is 0 Å². The third-order valence-electron chi connectivity index (χ3n) is 1.38. The Balaban J connectivity index is 2.46. The summed E-state index contributed by atoms with van der Waals surface area (Å²) in [6.45, 7) is 2.83. The molecule has 58 valence electrons. The lowest BCUT2D eigenvalue weighted by Crippen LogP contribution is -2.29. The predicted octanol–water partition coefficient (Wildman–Crippen LogP) is 2.13. The maximum Gasteiger partial charge on any atom is 0.282 e. The molecule has 10 heavy (non-hydrogen) atoms. The highest BCUT2D eigenvalue weighted by Crippen LogP contribution is 2.25. The molecule has 0 bridgehead atoms. The summed E-state index contributed by atoms with van der Waals surface area (Å²) in [6, 6.07) is 0. The molecule has 1 fully saturated rings. The lowest BCUT2D eigenvalue weighted by atomic mass is 10.4. The quantitative estimate of drug-likeness (QED) is 0.478. The molecule has 0 aromatic heterocycles. The normalized spacial score (nSPS) is 26.0. The molecule has 1 amide bonds. The van der Waals surface area contributed by atoms with Crippen molar-refractivity contribution < 1.29 is 4.79 Å². The van der Waals surface area contributed by atoms with Crippen LogP contribution >= 0.6 is 23.4 Å². The van der Waals surface area contributed by atoms with Gasteiger partial charge in [0.15, 0.2) is 0 Å². The Labute approximate surface area is 69.9 Å². The molecule has 0 aromatic rings. The maximum atomic E-state index is 11.0. The summed E-state index contributed by atoms with van der Waals surface area (Å²) in [5.41, 5.74) is -0.0718. The summed E-state index contributed by atoms with van der Waals surface area (Å²) in [4.78, 5) is 12.7. The first-order valence-electron chi connectivity index (χ1n) is 3.33. The van der Waals surface area contributed by atoms with Crippen molar-refractivity contribution in [2.24, 2.45) is 0 Å². The van der Waals surface area contributed by atoms with Crippen LogP contribution in [0.4, 0.5) is 4.79 Å². The van der Waals surface area contributed by atoms with Crippen molar-refractivity contribution in [2.75, 3.05) is 12.3 Å². The van der Waals surface area contributed by atoms with E-state index in [-0.39, 0.29) is 10.7 Å². The van der Waals surface area contributed by atoms with E-state index in [1.807, 2.05) is 6.92 Å². The van der Waals surface area contributed by atoms with E-state index in [1.54, 1.807) is 4.90 Å². The van der Waals surface area contributed by atoms with Crippen LogP contribution in [0.15, 0.2) is 0 Å². The van der Waals surface area contributed by atoms with Crippen molar-refractivity contribution in [3.63, 3.8) is 0 Å². The molecule has 1 heterocycles. The van der Waals surface area contributed by atoms with Gasteiger partial charge in [-0.1, -0.05) is 30.3 Å². The van der Waals surface area contributed by atoms with Crippen LogP contribution in [0.3, 0.4) is 0 Å². The molecular formula is C6H10ClNOS. The molecule has 1 unspecified atom stereocenters. The molecule has 0 aromatic carbocycles. The Morgan fingerprint density at radius 2 is 2.60 bits per heavy atom. The smallest absolute Gasteiger partial charge is 0.282 e. The van der Waals surface area contributed by atoms with Gasteiger partial charge in [0.2, 0.25) is 0 Å². The number of nitrogens with zero attached hydrogens (tertiary/aromatic N) is 1. The lowest BCUT2D eigenvalue weighted by Gasteiger charge is -2.16. The van der Waals surface area contributed by atoms with Crippen LogP contribution < -0.4 is 0 Å². The number of carbonyl (C=O) groups is 1. The lowest BCUT2D eigenvalue weighted by molar-refractivity contribution is 0.225.